The number of hydrogen-bond acceptors (Lipinski definition) is 10. The molecule has 2 aliphatic carbocycles. The van der Waals surface area contributed by atoms with Crippen LogP contribution in [-0.4, -0.2) is 64.3 Å². The highest BCUT2D eigenvalue weighted by atomic mass is 16.8. The molecule has 0 amide bonds. The lowest BCUT2D eigenvalue weighted by molar-refractivity contribution is -0.214. The number of aromatic hydroxyl groups is 2. The van der Waals surface area contributed by atoms with Crippen LogP contribution in [0, 0.1) is 0 Å². The Labute approximate surface area is 200 Å². The van der Waals surface area contributed by atoms with E-state index in [9.17, 15) is 24.9 Å². The van der Waals surface area contributed by atoms with Gasteiger partial charge in [-0.3, -0.25) is 9.59 Å². The van der Waals surface area contributed by atoms with Gasteiger partial charge in [0.05, 0.1) is 35.5 Å². The maximum Gasteiger partial charge on any atom is 0.202 e. The largest absolute Gasteiger partial charge is 0.507 e. The molecule has 0 saturated carbocycles. The molecule has 35 heavy (non-hydrogen) atoms. The van der Waals surface area contributed by atoms with E-state index in [-0.39, 0.29) is 64.1 Å². The second-order valence-corrected chi connectivity index (χ2v) is 9.82. The van der Waals surface area contributed by atoms with Gasteiger partial charge >= 0.3 is 0 Å². The summed E-state index contributed by atoms with van der Waals surface area (Å²) in [6.07, 6.45) is -2.05. The average Bonchev–Trinajstić information content (AvgIpc) is 3.58. The number of aliphatic hydroxyl groups is 1. The number of phenols is 2. The number of ketones is 2. The lowest BCUT2D eigenvalue weighted by atomic mass is 9.73. The van der Waals surface area contributed by atoms with E-state index in [4.69, 9.17) is 24.7 Å². The summed E-state index contributed by atoms with van der Waals surface area (Å²) in [6.45, 7) is 1.57. The quantitative estimate of drug-likeness (QED) is 0.317. The minimum absolute atomic E-state index is 0.0148. The highest BCUT2D eigenvalue weighted by Gasteiger charge is 2.52. The fourth-order valence-electron chi connectivity index (χ4n) is 5.57. The predicted molar refractivity (Wildman–Crippen MR) is 119 cm³/mol. The van der Waals surface area contributed by atoms with Gasteiger partial charge in [-0.25, -0.2) is 0 Å². The molecule has 2 aromatic rings. The summed E-state index contributed by atoms with van der Waals surface area (Å²) in [4.78, 5) is 27.0. The van der Waals surface area contributed by atoms with Crippen molar-refractivity contribution in [1.82, 2.24) is 0 Å². The van der Waals surface area contributed by atoms with Crippen LogP contribution in [0.1, 0.15) is 68.8 Å². The summed E-state index contributed by atoms with van der Waals surface area (Å²) >= 11 is 0. The molecule has 10 nitrogen and oxygen atoms in total. The SMILES string of the molecule is COc1cccc2c1C(=O)c1c(O)c3c(c(O)c1C2=O)CC(C)(O)C[C@@H]3OC1CC(N)C2OC2O1. The zero-order valence-corrected chi connectivity index (χ0v) is 19.1. The minimum Gasteiger partial charge on any atom is -0.507 e. The first kappa shape index (κ1) is 22.4. The molecule has 184 valence electrons. The molecule has 6 atom stereocenters. The fourth-order valence-corrected chi connectivity index (χ4v) is 5.57. The molecule has 0 aromatic heterocycles. The van der Waals surface area contributed by atoms with Crippen LogP contribution in [0.5, 0.6) is 17.2 Å². The third-order valence-electron chi connectivity index (χ3n) is 7.24. The number of ether oxygens (including phenoxy) is 4. The molecule has 5 unspecified atom stereocenters. The summed E-state index contributed by atoms with van der Waals surface area (Å²) in [5, 5.41) is 33.6. The van der Waals surface area contributed by atoms with Gasteiger partial charge in [0.2, 0.25) is 5.78 Å². The number of phenolic OH excluding ortho intramolecular Hbond substituents is 2. The number of rotatable bonds is 3. The molecule has 10 heteroatoms. The monoisotopic (exact) mass is 483 g/mol. The lowest BCUT2D eigenvalue weighted by Crippen LogP contribution is -2.42. The van der Waals surface area contributed by atoms with Crippen LogP contribution in [0.2, 0.25) is 0 Å². The van der Waals surface area contributed by atoms with Gasteiger partial charge in [-0.05, 0) is 13.0 Å². The normalized spacial score (nSPS) is 32.9. The average molecular weight is 483 g/mol. The molecule has 2 heterocycles. The van der Waals surface area contributed by atoms with E-state index in [1.54, 1.807) is 19.1 Å². The number of carbonyl (C=O) groups excluding carboxylic acids is 2. The van der Waals surface area contributed by atoms with Crippen molar-refractivity contribution in [3.05, 3.63) is 51.6 Å². The molecule has 5 N–H and O–H groups in total. The van der Waals surface area contributed by atoms with E-state index in [1.807, 2.05) is 0 Å². The van der Waals surface area contributed by atoms with E-state index >= 15 is 0 Å². The second kappa shape index (κ2) is 7.49. The third kappa shape index (κ3) is 3.29. The van der Waals surface area contributed by atoms with Gasteiger partial charge in [0.15, 0.2) is 18.4 Å². The highest BCUT2D eigenvalue weighted by molar-refractivity contribution is 6.31. The third-order valence-corrected chi connectivity index (χ3v) is 7.24. The van der Waals surface area contributed by atoms with Crippen molar-refractivity contribution in [1.29, 1.82) is 0 Å². The Bertz CT molecular complexity index is 1290. The van der Waals surface area contributed by atoms with Gasteiger partial charge < -0.3 is 40.0 Å². The number of methoxy groups -OCH3 is 1. The summed E-state index contributed by atoms with van der Waals surface area (Å²) < 4.78 is 22.5. The molecular formula is C25H25NO9. The van der Waals surface area contributed by atoms with Crippen molar-refractivity contribution in [2.75, 3.05) is 7.11 Å². The fraction of sp³-hybridized carbons (Fsp3) is 0.440. The Balaban J connectivity index is 1.49. The topological polar surface area (TPSA) is 161 Å². The standard InChI is InChI=1S/C25H25NO9/c1-25(31)7-10-16(13(8-25)33-14-6-11(26)23-24(34-14)35-23)22(30)18-17(20(10)28)19(27)9-4-3-5-12(32-2)15(9)21(18)29/h3-5,11,13-14,23-24,28,30-31H,6-8,26H2,1-2H3/t11?,13-,14?,23?,24?,25?/m0/s1. The summed E-state index contributed by atoms with van der Waals surface area (Å²) in [5.74, 6) is -2.01. The lowest BCUT2D eigenvalue weighted by Gasteiger charge is -2.39. The van der Waals surface area contributed by atoms with Crippen molar-refractivity contribution in [3.63, 3.8) is 0 Å². The molecule has 2 fully saturated rings. The molecule has 0 spiro atoms. The van der Waals surface area contributed by atoms with Crippen LogP contribution in [0.4, 0.5) is 0 Å². The van der Waals surface area contributed by atoms with Gasteiger partial charge in [-0.2, -0.15) is 0 Å². The van der Waals surface area contributed by atoms with Crippen LogP contribution in [0.3, 0.4) is 0 Å². The molecule has 4 aliphatic rings. The number of hydrogen-bond donors (Lipinski definition) is 4. The van der Waals surface area contributed by atoms with Gasteiger partial charge in [-0.15, -0.1) is 0 Å². The summed E-state index contributed by atoms with van der Waals surface area (Å²) in [5.41, 5.74) is 4.53. The van der Waals surface area contributed by atoms with Crippen LogP contribution in [0.25, 0.3) is 0 Å². The van der Waals surface area contributed by atoms with E-state index in [1.165, 1.54) is 13.2 Å². The van der Waals surface area contributed by atoms with E-state index in [0.717, 1.165) is 0 Å². The van der Waals surface area contributed by atoms with Crippen molar-refractivity contribution in [3.8, 4) is 17.2 Å². The van der Waals surface area contributed by atoms with Crippen molar-refractivity contribution < 1.29 is 43.9 Å². The summed E-state index contributed by atoms with van der Waals surface area (Å²) in [6, 6.07) is 4.29. The molecule has 2 aliphatic heterocycles. The first-order valence-electron chi connectivity index (χ1n) is 11.4. The van der Waals surface area contributed by atoms with Gasteiger partial charge in [0.1, 0.15) is 23.4 Å². The van der Waals surface area contributed by atoms with Crippen molar-refractivity contribution >= 4 is 11.6 Å². The summed E-state index contributed by atoms with van der Waals surface area (Å²) in [7, 11) is 1.38. The number of benzene rings is 2. The molecule has 2 saturated heterocycles. The molecular weight excluding hydrogens is 458 g/mol. The highest BCUT2D eigenvalue weighted by Crippen LogP contribution is 2.52. The zero-order chi connectivity index (χ0) is 24.8. The maximum atomic E-state index is 13.6. The van der Waals surface area contributed by atoms with Gasteiger partial charge in [0.25, 0.3) is 0 Å². The minimum atomic E-state index is -1.33. The smallest absolute Gasteiger partial charge is 0.202 e. The Morgan fingerprint density at radius 3 is 2.54 bits per heavy atom. The van der Waals surface area contributed by atoms with E-state index < -0.39 is 47.4 Å². The van der Waals surface area contributed by atoms with Gasteiger partial charge in [-0.1, -0.05) is 12.1 Å². The Kier molecular flexibility index (Phi) is 4.80. The number of epoxide rings is 1. The molecule has 0 radical (unpaired) electrons. The van der Waals surface area contributed by atoms with Gasteiger partial charge in [0, 0.05) is 42.0 Å². The number of carbonyl (C=O) groups is 2. The Morgan fingerprint density at radius 2 is 1.83 bits per heavy atom. The maximum absolute atomic E-state index is 13.6. The van der Waals surface area contributed by atoms with Crippen LogP contribution >= 0.6 is 0 Å². The van der Waals surface area contributed by atoms with Crippen molar-refractivity contribution in [2.24, 2.45) is 5.73 Å². The molecule has 6 rings (SSSR count). The number of fused-ring (bicyclic) bond motifs is 4. The zero-order valence-electron chi connectivity index (χ0n) is 19.1. The second-order valence-electron chi connectivity index (χ2n) is 9.82. The Morgan fingerprint density at radius 1 is 1.09 bits per heavy atom. The van der Waals surface area contributed by atoms with E-state index in [2.05, 4.69) is 0 Å². The first-order valence-corrected chi connectivity index (χ1v) is 11.4. The Hall–Kier alpha value is -3.02. The number of nitrogens with two attached hydrogens (primary N) is 1. The predicted octanol–water partition coefficient (Wildman–Crippen LogP) is 1.44. The van der Waals surface area contributed by atoms with Crippen molar-refractivity contribution in [2.45, 2.75) is 62.6 Å². The first-order chi connectivity index (χ1) is 16.6. The molecule has 2 aromatic carbocycles. The van der Waals surface area contributed by atoms with Crippen LogP contribution in [0.15, 0.2) is 18.2 Å². The van der Waals surface area contributed by atoms with Crippen LogP contribution < -0.4 is 10.5 Å². The van der Waals surface area contributed by atoms with E-state index in [0.29, 0.717) is 6.42 Å². The van der Waals surface area contributed by atoms with Crippen LogP contribution in [-0.2, 0) is 20.6 Å². The molecule has 0 bridgehead atoms.